The number of hydrogen-bond donors (Lipinski definition) is 2. The molecule has 1 rings (SSSR count). The molecule has 0 bridgehead atoms. The molecule has 1 amide bonds. The van der Waals surface area contributed by atoms with Crippen LogP contribution in [0, 0.1) is 12.8 Å². The quantitative estimate of drug-likeness (QED) is 0.792. The molecule has 6 nitrogen and oxygen atoms in total. The van der Waals surface area contributed by atoms with Crippen molar-refractivity contribution in [3.05, 3.63) is 17.8 Å². The second-order valence-electron chi connectivity index (χ2n) is 3.79. The van der Waals surface area contributed by atoms with Crippen LogP contribution in [0.1, 0.15) is 30.1 Å². The highest BCUT2D eigenvalue weighted by molar-refractivity contribution is 5.95. The van der Waals surface area contributed by atoms with Crippen LogP contribution in [0.3, 0.4) is 0 Å². The van der Waals surface area contributed by atoms with E-state index >= 15 is 0 Å². The molecule has 0 saturated carbocycles. The Morgan fingerprint density at radius 3 is 2.50 bits per heavy atom. The predicted molar refractivity (Wildman–Crippen MR) is 55.0 cm³/mol. The summed E-state index contributed by atoms with van der Waals surface area (Å²) in [5.74, 6) is -1.43. The van der Waals surface area contributed by atoms with Crippen molar-refractivity contribution in [2.24, 2.45) is 5.92 Å². The van der Waals surface area contributed by atoms with Crippen molar-refractivity contribution in [2.45, 2.75) is 26.8 Å². The summed E-state index contributed by atoms with van der Waals surface area (Å²) in [6.07, 6.45) is 1.15. The second kappa shape index (κ2) is 4.78. The van der Waals surface area contributed by atoms with Crippen molar-refractivity contribution in [1.82, 2.24) is 10.3 Å². The molecule has 0 spiro atoms. The van der Waals surface area contributed by atoms with Gasteiger partial charge in [0.05, 0.1) is 0 Å². The Labute approximate surface area is 92.7 Å². The molecule has 2 N–H and O–H groups in total. The molecule has 0 fully saturated rings. The van der Waals surface area contributed by atoms with Gasteiger partial charge in [0.25, 0.3) is 5.91 Å². The molecule has 16 heavy (non-hydrogen) atoms. The van der Waals surface area contributed by atoms with Crippen LogP contribution >= 0.6 is 0 Å². The van der Waals surface area contributed by atoms with Gasteiger partial charge in [-0.05, 0) is 12.8 Å². The number of nitrogens with zero attached hydrogens (tertiary/aromatic N) is 1. The Kier molecular flexibility index (Phi) is 3.65. The number of carboxylic acids is 1. The van der Waals surface area contributed by atoms with Gasteiger partial charge in [-0.25, -0.2) is 9.78 Å². The lowest BCUT2D eigenvalue weighted by Gasteiger charge is -2.17. The molecule has 1 heterocycles. The molecular formula is C10H14N2O4. The molecule has 0 unspecified atom stereocenters. The largest absolute Gasteiger partial charge is 0.480 e. The van der Waals surface area contributed by atoms with E-state index in [2.05, 4.69) is 10.3 Å². The number of carbonyl (C=O) groups is 2. The van der Waals surface area contributed by atoms with Crippen molar-refractivity contribution >= 4 is 11.9 Å². The first-order valence-corrected chi connectivity index (χ1v) is 4.87. The van der Waals surface area contributed by atoms with Crippen LogP contribution < -0.4 is 5.32 Å². The number of carbonyl (C=O) groups excluding carboxylic acids is 1. The van der Waals surface area contributed by atoms with Crippen molar-refractivity contribution in [3.63, 3.8) is 0 Å². The van der Waals surface area contributed by atoms with Gasteiger partial charge in [-0.2, -0.15) is 0 Å². The van der Waals surface area contributed by atoms with Gasteiger partial charge in [0, 0.05) is 0 Å². The molecule has 0 aliphatic carbocycles. The lowest BCUT2D eigenvalue weighted by atomic mass is 10.0. The van der Waals surface area contributed by atoms with Crippen LogP contribution in [0.25, 0.3) is 0 Å². The van der Waals surface area contributed by atoms with Crippen molar-refractivity contribution in [1.29, 1.82) is 0 Å². The van der Waals surface area contributed by atoms with Crippen molar-refractivity contribution < 1.29 is 19.1 Å². The number of aliphatic carboxylic acids is 1. The van der Waals surface area contributed by atoms with E-state index in [0.29, 0.717) is 5.76 Å². The molecular weight excluding hydrogens is 212 g/mol. The number of carboxylic acid groups (broad SMARTS) is 1. The fourth-order valence-electron chi connectivity index (χ4n) is 1.25. The predicted octanol–water partition coefficient (Wildman–Crippen LogP) is 0.822. The van der Waals surface area contributed by atoms with Crippen LogP contribution in [0.15, 0.2) is 10.8 Å². The lowest BCUT2D eigenvalue weighted by molar-refractivity contribution is -0.140. The van der Waals surface area contributed by atoms with Gasteiger partial charge < -0.3 is 14.8 Å². The maximum absolute atomic E-state index is 11.6. The van der Waals surface area contributed by atoms with Gasteiger partial charge in [-0.15, -0.1) is 0 Å². The van der Waals surface area contributed by atoms with Crippen molar-refractivity contribution in [3.8, 4) is 0 Å². The van der Waals surface area contributed by atoms with Gasteiger partial charge in [-0.1, -0.05) is 13.8 Å². The third-order valence-electron chi connectivity index (χ3n) is 2.18. The zero-order valence-electron chi connectivity index (χ0n) is 9.35. The maximum atomic E-state index is 11.6. The van der Waals surface area contributed by atoms with E-state index in [1.54, 1.807) is 20.8 Å². The minimum absolute atomic E-state index is 0.117. The van der Waals surface area contributed by atoms with E-state index in [1.807, 2.05) is 0 Å². The molecule has 1 atom stereocenters. The molecule has 0 radical (unpaired) electrons. The Hall–Kier alpha value is -1.85. The number of rotatable bonds is 4. The topological polar surface area (TPSA) is 92.4 Å². The number of aromatic nitrogens is 1. The molecule has 0 aliphatic rings. The van der Waals surface area contributed by atoms with E-state index in [4.69, 9.17) is 9.52 Å². The Morgan fingerprint density at radius 2 is 2.12 bits per heavy atom. The molecule has 0 aromatic carbocycles. The Bertz CT molecular complexity index is 397. The minimum atomic E-state index is -1.07. The zero-order valence-corrected chi connectivity index (χ0v) is 9.35. The van der Waals surface area contributed by atoms with E-state index in [9.17, 15) is 9.59 Å². The average molecular weight is 226 g/mol. The van der Waals surface area contributed by atoms with Crippen LogP contribution in [0.2, 0.25) is 0 Å². The van der Waals surface area contributed by atoms with E-state index in [-0.39, 0.29) is 11.6 Å². The molecule has 1 aromatic rings. The molecule has 0 aliphatic heterocycles. The summed E-state index contributed by atoms with van der Waals surface area (Å²) in [5, 5.41) is 11.3. The summed E-state index contributed by atoms with van der Waals surface area (Å²) >= 11 is 0. The highest BCUT2D eigenvalue weighted by atomic mass is 16.4. The average Bonchev–Trinajstić information content (AvgIpc) is 2.59. The SMILES string of the molecule is Cc1ocnc1C(=O)N[C@@H](C(=O)O)C(C)C. The molecule has 6 heteroatoms. The van der Waals surface area contributed by atoms with Gasteiger partial charge >= 0.3 is 5.97 Å². The number of amides is 1. The van der Waals surface area contributed by atoms with Crippen molar-refractivity contribution in [2.75, 3.05) is 0 Å². The highest BCUT2D eigenvalue weighted by Gasteiger charge is 2.25. The second-order valence-corrected chi connectivity index (χ2v) is 3.79. The van der Waals surface area contributed by atoms with E-state index in [0.717, 1.165) is 6.39 Å². The van der Waals surface area contributed by atoms with Crippen LogP contribution in [0.5, 0.6) is 0 Å². The third kappa shape index (κ3) is 2.59. The fraction of sp³-hybridized carbons (Fsp3) is 0.500. The number of oxazole rings is 1. The Morgan fingerprint density at radius 1 is 1.50 bits per heavy atom. The number of nitrogens with one attached hydrogen (secondary N) is 1. The number of aryl methyl sites for hydroxylation is 1. The summed E-state index contributed by atoms with van der Waals surface area (Å²) in [6, 6.07) is -0.927. The minimum Gasteiger partial charge on any atom is -0.480 e. The normalized spacial score (nSPS) is 12.5. The monoisotopic (exact) mass is 226 g/mol. The molecule has 0 saturated heterocycles. The smallest absolute Gasteiger partial charge is 0.326 e. The summed E-state index contributed by atoms with van der Waals surface area (Å²) in [4.78, 5) is 26.2. The summed E-state index contributed by atoms with van der Waals surface area (Å²) in [5.41, 5.74) is 0.117. The molecule has 1 aromatic heterocycles. The first-order chi connectivity index (χ1) is 7.43. The van der Waals surface area contributed by atoms with Gasteiger partial charge in [-0.3, -0.25) is 4.79 Å². The summed E-state index contributed by atoms with van der Waals surface area (Å²) in [7, 11) is 0. The van der Waals surface area contributed by atoms with Gasteiger partial charge in [0.15, 0.2) is 12.1 Å². The van der Waals surface area contributed by atoms with Crippen LogP contribution in [-0.2, 0) is 4.79 Å². The Balaban J connectivity index is 2.77. The van der Waals surface area contributed by atoms with Gasteiger partial charge in [0.2, 0.25) is 0 Å². The zero-order chi connectivity index (χ0) is 12.3. The lowest BCUT2D eigenvalue weighted by Crippen LogP contribution is -2.44. The summed E-state index contributed by atoms with van der Waals surface area (Å²) in [6.45, 7) is 5.02. The van der Waals surface area contributed by atoms with Crippen LogP contribution in [0.4, 0.5) is 0 Å². The summed E-state index contributed by atoms with van der Waals surface area (Å²) < 4.78 is 4.87. The fourth-order valence-corrected chi connectivity index (χ4v) is 1.25. The first-order valence-electron chi connectivity index (χ1n) is 4.87. The molecule has 88 valence electrons. The third-order valence-corrected chi connectivity index (χ3v) is 2.18. The van der Waals surface area contributed by atoms with Crippen LogP contribution in [-0.4, -0.2) is 28.0 Å². The highest BCUT2D eigenvalue weighted by Crippen LogP contribution is 2.07. The first kappa shape index (κ1) is 12.2. The maximum Gasteiger partial charge on any atom is 0.326 e. The standard InChI is InChI=1S/C10H14N2O4/c1-5(2)7(10(14)15)12-9(13)8-6(3)16-4-11-8/h4-5,7H,1-3H3,(H,12,13)(H,14,15)/t7-/m1/s1. The van der Waals surface area contributed by atoms with E-state index in [1.165, 1.54) is 0 Å². The van der Waals surface area contributed by atoms with Gasteiger partial charge in [0.1, 0.15) is 11.8 Å². The number of hydrogen-bond acceptors (Lipinski definition) is 4. The van der Waals surface area contributed by atoms with E-state index < -0.39 is 17.9 Å².